The second-order valence-electron chi connectivity index (χ2n) is 3.72. The molecule has 0 saturated carbocycles. The number of rotatable bonds is 3. The van der Waals surface area contributed by atoms with Crippen molar-refractivity contribution in [1.29, 1.82) is 0 Å². The van der Waals surface area contributed by atoms with Crippen LogP contribution < -0.4 is 11.1 Å². The number of amides is 1. The van der Waals surface area contributed by atoms with Crippen molar-refractivity contribution in [2.75, 3.05) is 12.3 Å². The molecule has 0 radical (unpaired) electrons. The first-order chi connectivity index (χ1) is 7.70. The van der Waals surface area contributed by atoms with Crippen LogP contribution in [0.4, 0.5) is 5.69 Å². The minimum absolute atomic E-state index is 0.0161. The minimum atomic E-state index is 0.0161. The molecule has 1 amide bonds. The summed E-state index contributed by atoms with van der Waals surface area (Å²) in [5.74, 6) is 0.0161. The van der Waals surface area contributed by atoms with Crippen LogP contribution >= 0.6 is 0 Å². The Kier molecular flexibility index (Phi) is 2.81. The second-order valence-corrected chi connectivity index (χ2v) is 3.72. The summed E-state index contributed by atoms with van der Waals surface area (Å²) in [7, 11) is 0. The van der Waals surface area contributed by atoms with Gasteiger partial charge in [-0.25, -0.2) is 0 Å². The number of anilines is 1. The number of fused-ring (bicyclic) bond motifs is 1. The fourth-order valence-electron chi connectivity index (χ4n) is 1.75. The molecule has 0 aliphatic heterocycles. The predicted molar refractivity (Wildman–Crippen MR) is 65.0 cm³/mol. The number of likely N-dealkylation sites (N-methyl/N-ethyl adjacent to an activating group) is 1. The van der Waals surface area contributed by atoms with E-state index >= 15 is 0 Å². The molecule has 3 N–H and O–H groups in total. The standard InChI is InChI=1S/C12H15N3O/c1-2-14-12(16)8-15-6-5-9-3-4-10(13)7-11(9)15/h3-7H,2,8,13H2,1H3,(H,14,16). The van der Waals surface area contributed by atoms with Crippen LogP contribution in [0.1, 0.15) is 6.92 Å². The molecule has 0 bridgehead atoms. The molecule has 4 nitrogen and oxygen atoms in total. The van der Waals surface area contributed by atoms with E-state index in [-0.39, 0.29) is 5.91 Å². The summed E-state index contributed by atoms with van der Waals surface area (Å²) in [6.45, 7) is 2.89. The lowest BCUT2D eigenvalue weighted by molar-refractivity contribution is -0.121. The van der Waals surface area contributed by atoms with Crippen LogP contribution in [0, 0.1) is 0 Å². The molecule has 1 heterocycles. The summed E-state index contributed by atoms with van der Waals surface area (Å²) in [5.41, 5.74) is 7.43. The highest BCUT2D eigenvalue weighted by Crippen LogP contribution is 2.18. The second kappa shape index (κ2) is 4.26. The van der Waals surface area contributed by atoms with Crippen LogP contribution in [0.25, 0.3) is 10.9 Å². The Morgan fingerprint density at radius 3 is 3.00 bits per heavy atom. The topological polar surface area (TPSA) is 60.0 Å². The number of hydrogen-bond acceptors (Lipinski definition) is 2. The summed E-state index contributed by atoms with van der Waals surface area (Å²) in [6.07, 6.45) is 1.90. The molecule has 84 valence electrons. The van der Waals surface area contributed by atoms with E-state index in [1.807, 2.05) is 42.0 Å². The molecule has 0 unspecified atom stereocenters. The molecule has 16 heavy (non-hydrogen) atoms. The van der Waals surface area contributed by atoms with Gasteiger partial charge in [0.15, 0.2) is 0 Å². The molecule has 2 rings (SSSR count). The van der Waals surface area contributed by atoms with Crippen LogP contribution in [0.15, 0.2) is 30.5 Å². The minimum Gasteiger partial charge on any atom is -0.399 e. The van der Waals surface area contributed by atoms with E-state index in [9.17, 15) is 4.79 Å². The molecule has 0 aliphatic rings. The highest BCUT2D eigenvalue weighted by molar-refractivity contribution is 5.85. The molecule has 4 heteroatoms. The van der Waals surface area contributed by atoms with Gasteiger partial charge in [0.2, 0.25) is 5.91 Å². The third-order valence-corrected chi connectivity index (χ3v) is 2.49. The van der Waals surface area contributed by atoms with E-state index in [2.05, 4.69) is 5.32 Å². The van der Waals surface area contributed by atoms with E-state index in [4.69, 9.17) is 5.73 Å². The number of hydrogen-bond donors (Lipinski definition) is 2. The average molecular weight is 217 g/mol. The number of carbonyl (C=O) groups is 1. The van der Waals surface area contributed by atoms with Crippen LogP contribution in [0.3, 0.4) is 0 Å². The van der Waals surface area contributed by atoms with E-state index < -0.39 is 0 Å². The summed E-state index contributed by atoms with van der Waals surface area (Å²) in [5, 5.41) is 3.87. The number of nitrogens with two attached hydrogens (primary N) is 1. The smallest absolute Gasteiger partial charge is 0.239 e. The van der Waals surface area contributed by atoms with Crippen LogP contribution in [0.2, 0.25) is 0 Å². The molecule has 2 aromatic rings. The van der Waals surface area contributed by atoms with Crippen LogP contribution in [-0.4, -0.2) is 17.0 Å². The number of benzene rings is 1. The first-order valence-corrected chi connectivity index (χ1v) is 5.32. The van der Waals surface area contributed by atoms with Crippen molar-refractivity contribution >= 4 is 22.5 Å². The summed E-state index contributed by atoms with van der Waals surface area (Å²) < 4.78 is 1.90. The lowest BCUT2D eigenvalue weighted by Crippen LogP contribution is -2.26. The van der Waals surface area contributed by atoms with Gasteiger partial charge in [0.05, 0.1) is 5.52 Å². The molecular formula is C12H15N3O. The third kappa shape index (κ3) is 2.00. The van der Waals surface area contributed by atoms with Gasteiger partial charge in [-0.05, 0) is 30.5 Å². The van der Waals surface area contributed by atoms with Gasteiger partial charge in [-0.3, -0.25) is 4.79 Å². The Balaban J connectivity index is 2.30. The SMILES string of the molecule is CCNC(=O)Cn1ccc2ccc(N)cc21. The van der Waals surface area contributed by atoms with Gasteiger partial charge >= 0.3 is 0 Å². The molecule has 1 aromatic carbocycles. The van der Waals surface area contributed by atoms with Crippen molar-refractivity contribution in [3.8, 4) is 0 Å². The Hall–Kier alpha value is -1.97. The lowest BCUT2D eigenvalue weighted by Gasteiger charge is -2.05. The quantitative estimate of drug-likeness (QED) is 0.763. The Bertz CT molecular complexity index is 516. The lowest BCUT2D eigenvalue weighted by atomic mass is 10.2. The highest BCUT2D eigenvalue weighted by atomic mass is 16.1. The van der Waals surface area contributed by atoms with Gasteiger partial charge in [-0.15, -0.1) is 0 Å². The number of nitrogen functional groups attached to an aromatic ring is 1. The van der Waals surface area contributed by atoms with Gasteiger partial charge in [-0.1, -0.05) is 6.07 Å². The van der Waals surface area contributed by atoms with Gasteiger partial charge < -0.3 is 15.6 Å². The summed E-state index contributed by atoms with van der Waals surface area (Å²) >= 11 is 0. The third-order valence-electron chi connectivity index (χ3n) is 2.49. The average Bonchev–Trinajstić information content (AvgIpc) is 2.61. The van der Waals surface area contributed by atoms with Crippen molar-refractivity contribution in [2.24, 2.45) is 0 Å². The fourth-order valence-corrected chi connectivity index (χ4v) is 1.75. The number of carbonyl (C=O) groups excluding carboxylic acids is 1. The van der Waals surface area contributed by atoms with Crippen LogP contribution in [0.5, 0.6) is 0 Å². The monoisotopic (exact) mass is 217 g/mol. The molecule has 0 fully saturated rings. The van der Waals surface area contributed by atoms with Crippen molar-refractivity contribution in [3.05, 3.63) is 30.5 Å². The molecule has 0 spiro atoms. The highest BCUT2D eigenvalue weighted by Gasteiger charge is 2.05. The largest absolute Gasteiger partial charge is 0.399 e. The zero-order valence-electron chi connectivity index (χ0n) is 9.23. The first kappa shape index (κ1) is 10.5. The van der Waals surface area contributed by atoms with E-state index in [1.165, 1.54) is 0 Å². The Morgan fingerprint density at radius 1 is 1.44 bits per heavy atom. The fraction of sp³-hybridized carbons (Fsp3) is 0.250. The van der Waals surface area contributed by atoms with Crippen molar-refractivity contribution in [2.45, 2.75) is 13.5 Å². The number of nitrogens with one attached hydrogen (secondary N) is 1. The molecular weight excluding hydrogens is 202 g/mol. The van der Waals surface area contributed by atoms with Gasteiger partial charge in [0.25, 0.3) is 0 Å². The summed E-state index contributed by atoms with van der Waals surface area (Å²) in [4.78, 5) is 11.5. The number of nitrogens with zero attached hydrogens (tertiary/aromatic N) is 1. The van der Waals surface area contributed by atoms with Gasteiger partial charge in [0.1, 0.15) is 6.54 Å². The van der Waals surface area contributed by atoms with Crippen LogP contribution in [-0.2, 0) is 11.3 Å². The maximum atomic E-state index is 11.5. The normalized spacial score (nSPS) is 10.6. The molecule has 0 saturated heterocycles. The van der Waals surface area contributed by atoms with Gasteiger partial charge in [-0.2, -0.15) is 0 Å². The molecule has 1 aromatic heterocycles. The summed E-state index contributed by atoms with van der Waals surface area (Å²) in [6, 6.07) is 7.68. The Labute approximate surface area is 94.0 Å². The van der Waals surface area contributed by atoms with E-state index in [0.717, 1.165) is 10.9 Å². The zero-order chi connectivity index (χ0) is 11.5. The maximum absolute atomic E-state index is 11.5. The van der Waals surface area contributed by atoms with Crippen molar-refractivity contribution in [1.82, 2.24) is 9.88 Å². The van der Waals surface area contributed by atoms with Crippen molar-refractivity contribution in [3.63, 3.8) is 0 Å². The maximum Gasteiger partial charge on any atom is 0.239 e. The zero-order valence-corrected chi connectivity index (χ0v) is 9.23. The van der Waals surface area contributed by atoms with Gasteiger partial charge in [0, 0.05) is 18.4 Å². The van der Waals surface area contributed by atoms with E-state index in [0.29, 0.717) is 18.8 Å². The Morgan fingerprint density at radius 2 is 2.25 bits per heavy atom. The van der Waals surface area contributed by atoms with E-state index in [1.54, 1.807) is 0 Å². The van der Waals surface area contributed by atoms with Crippen molar-refractivity contribution < 1.29 is 4.79 Å². The number of aromatic nitrogens is 1. The predicted octanol–water partition coefficient (Wildman–Crippen LogP) is 1.36. The molecule has 0 atom stereocenters. The first-order valence-electron chi connectivity index (χ1n) is 5.32. The molecule has 0 aliphatic carbocycles.